The van der Waals surface area contributed by atoms with E-state index < -0.39 is 0 Å². The van der Waals surface area contributed by atoms with Crippen LogP contribution in [0.4, 0.5) is 0 Å². The van der Waals surface area contributed by atoms with Crippen molar-refractivity contribution in [2.24, 2.45) is 0 Å². The summed E-state index contributed by atoms with van der Waals surface area (Å²) in [6, 6.07) is 15.8. The van der Waals surface area contributed by atoms with Crippen molar-refractivity contribution in [3.05, 3.63) is 69.7 Å². The highest BCUT2D eigenvalue weighted by Crippen LogP contribution is 2.25. The Hall–Kier alpha value is -1.55. The summed E-state index contributed by atoms with van der Waals surface area (Å²) in [6.07, 6.45) is 1.97. The SMILES string of the molecule is CN(Cc1ccc(Cl)c(Cl)c1)C(=O)[C@@H]1CCCN1Cc1ccccc1. The van der Waals surface area contributed by atoms with E-state index in [1.807, 2.05) is 37.4 Å². The maximum absolute atomic E-state index is 12.9. The van der Waals surface area contributed by atoms with Crippen LogP contribution in [-0.4, -0.2) is 35.3 Å². The van der Waals surface area contributed by atoms with Crippen molar-refractivity contribution in [2.45, 2.75) is 32.0 Å². The number of hydrogen-bond acceptors (Lipinski definition) is 2. The Morgan fingerprint density at radius 1 is 1.12 bits per heavy atom. The minimum Gasteiger partial charge on any atom is -0.340 e. The second-order valence-corrected chi connectivity index (χ2v) is 7.37. The summed E-state index contributed by atoms with van der Waals surface area (Å²) in [5.41, 5.74) is 2.23. The summed E-state index contributed by atoms with van der Waals surface area (Å²) in [6.45, 7) is 2.31. The zero-order chi connectivity index (χ0) is 17.8. The van der Waals surface area contributed by atoms with E-state index in [1.54, 1.807) is 11.0 Å². The summed E-state index contributed by atoms with van der Waals surface area (Å²) < 4.78 is 0. The first kappa shape index (κ1) is 18.2. The van der Waals surface area contributed by atoms with E-state index in [0.717, 1.165) is 31.5 Å². The smallest absolute Gasteiger partial charge is 0.239 e. The fraction of sp³-hybridized carbons (Fsp3) is 0.350. The molecule has 1 amide bonds. The van der Waals surface area contributed by atoms with Gasteiger partial charge >= 0.3 is 0 Å². The number of likely N-dealkylation sites (N-methyl/N-ethyl adjacent to an activating group) is 1. The third kappa shape index (κ3) is 4.55. The van der Waals surface area contributed by atoms with E-state index in [-0.39, 0.29) is 11.9 Å². The van der Waals surface area contributed by atoms with Crippen LogP contribution in [0.3, 0.4) is 0 Å². The van der Waals surface area contributed by atoms with Crippen LogP contribution in [0, 0.1) is 0 Å². The molecule has 3 nitrogen and oxygen atoms in total. The summed E-state index contributed by atoms with van der Waals surface area (Å²) >= 11 is 12.0. The van der Waals surface area contributed by atoms with Gasteiger partial charge in [-0.25, -0.2) is 0 Å². The third-order valence-corrected chi connectivity index (χ3v) is 5.40. The van der Waals surface area contributed by atoms with Crippen molar-refractivity contribution in [2.75, 3.05) is 13.6 Å². The molecule has 1 fully saturated rings. The predicted molar refractivity (Wildman–Crippen MR) is 103 cm³/mol. The van der Waals surface area contributed by atoms with E-state index >= 15 is 0 Å². The van der Waals surface area contributed by atoms with Crippen molar-refractivity contribution in [1.29, 1.82) is 0 Å². The quantitative estimate of drug-likeness (QED) is 0.759. The molecule has 0 spiro atoms. The standard InChI is InChI=1S/C20H22Cl2N2O/c1-23(13-16-9-10-17(21)18(22)12-16)20(25)19-8-5-11-24(19)14-15-6-3-2-4-7-15/h2-4,6-7,9-10,12,19H,5,8,11,13-14H2,1H3/t19-/m0/s1. The Morgan fingerprint density at radius 2 is 1.88 bits per heavy atom. The maximum atomic E-state index is 12.9. The van der Waals surface area contributed by atoms with Crippen LogP contribution >= 0.6 is 23.2 Å². The van der Waals surface area contributed by atoms with Gasteiger partial charge < -0.3 is 4.90 Å². The van der Waals surface area contributed by atoms with Gasteiger partial charge in [0, 0.05) is 20.1 Å². The molecular formula is C20H22Cl2N2O. The number of rotatable bonds is 5. The van der Waals surface area contributed by atoms with Gasteiger partial charge in [-0.2, -0.15) is 0 Å². The number of carbonyl (C=O) groups excluding carboxylic acids is 1. The average molecular weight is 377 g/mol. The molecule has 25 heavy (non-hydrogen) atoms. The molecule has 3 rings (SSSR count). The van der Waals surface area contributed by atoms with Gasteiger partial charge in [-0.1, -0.05) is 59.6 Å². The zero-order valence-electron chi connectivity index (χ0n) is 14.3. The fourth-order valence-electron chi connectivity index (χ4n) is 3.36. The van der Waals surface area contributed by atoms with Crippen molar-refractivity contribution >= 4 is 29.1 Å². The van der Waals surface area contributed by atoms with Crippen LogP contribution in [-0.2, 0) is 17.9 Å². The molecule has 0 radical (unpaired) electrons. The van der Waals surface area contributed by atoms with E-state index in [0.29, 0.717) is 16.6 Å². The maximum Gasteiger partial charge on any atom is 0.239 e. The van der Waals surface area contributed by atoms with Crippen molar-refractivity contribution in [1.82, 2.24) is 9.80 Å². The molecule has 0 saturated carbocycles. The molecule has 0 aromatic heterocycles. The highest BCUT2D eigenvalue weighted by Gasteiger charge is 2.32. The molecule has 1 saturated heterocycles. The van der Waals surface area contributed by atoms with Gasteiger partial charge in [-0.05, 0) is 42.6 Å². The number of halogens is 2. The Balaban J connectivity index is 1.65. The third-order valence-electron chi connectivity index (χ3n) is 4.66. The number of hydrogen-bond donors (Lipinski definition) is 0. The lowest BCUT2D eigenvalue weighted by atomic mass is 10.1. The molecule has 132 valence electrons. The minimum atomic E-state index is -0.0482. The summed E-state index contributed by atoms with van der Waals surface area (Å²) in [5.74, 6) is 0.166. The monoisotopic (exact) mass is 376 g/mol. The predicted octanol–water partition coefficient (Wildman–Crippen LogP) is 4.62. The first-order valence-electron chi connectivity index (χ1n) is 8.51. The molecule has 1 atom stereocenters. The van der Waals surface area contributed by atoms with Gasteiger partial charge in [0.1, 0.15) is 0 Å². The minimum absolute atomic E-state index is 0.0482. The Morgan fingerprint density at radius 3 is 2.60 bits per heavy atom. The number of likely N-dealkylation sites (tertiary alicyclic amines) is 1. The number of benzene rings is 2. The molecule has 1 heterocycles. The second kappa shape index (κ2) is 8.22. The van der Waals surface area contributed by atoms with E-state index in [4.69, 9.17) is 23.2 Å². The number of nitrogens with zero attached hydrogens (tertiary/aromatic N) is 2. The van der Waals surface area contributed by atoms with Crippen LogP contribution in [0.25, 0.3) is 0 Å². The second-order valence-electron chi connectivity index (χ2n) is 6.56. The average Bonchev–Trinajstić information content (AvgIpc) is 3.06. The molecular weight excluding hydrogens is 355 g/mol. The highest BCUT2D eigenvalue weighted by molar-refractivity contribution is 6.42. The van der Waals surface area contributed by atoms with Gasteiger partial charge in [-0.15, -0.1) is 0 Å². The molecule has 1 aliphatic rings. The van der Waals surface area contributed by atoms with Crippen molar-refractivity contribution < 1.29 is 4.79 Å². The van der Waals surface area contributed by atoms with E-state index in [2.05, 4.69) is 17.0 Å². The molecule has 0 aliphatic carbocycles. The molecule has 5 heteroatoms. The molecule has 0 N–H and O–H groups in total. The van der Waals surface area contributed by atoms with E-state index in [1.165, 1.54) is 5.56 Å². The van der Waals surface area contributed by atoms with Gasteiger partial charge in [0.05, 0.1) is 16.1 Å². The first-order chi connectivity index (χ1) is 12.0. The van der Waals surface area contributed by atoms with Gasteiger partial charge in [0.15, 0.2) is 0 Å². The summed E-state index contributed by atoms with van der Waals surface area (Å²) in [7, 11) is 1.85. The van der Waals surface area contributed by atoms with Crippen LogP contribution in [0.5, 0.6) is 0 Å². The summed E-state index contributed by atoms with van der Waals surface area (Å²) in [4.78, 5) is 17.0. The Kier molecular flexibility index (Phi) is 6.00. The molecule has 1 aliphatic heterocycles. The van der Waals surface area contributed by atoms with Crippen LogP contribution in [0.15, 0.2) is 48.5 Å². The lowest BCUT2D eigenvalue weighted by molar-refractivity contribution is -0.135. The molecule has 0 unspecified atom stereocenters. The van der Waals surface area contributed by atoms with Gasteiger partial charge in [-0.3, -0.25) is 9.69 Å². The zero-order valence-corrected chi connectivity index (χ0v) is 15.8. The van der Waals surface area contributed by atoms with Crippen molar-refractivity contribution in [3.8, 4) is 0 Å². The Labute approximate surface area is 159 Å². The first-order valence-corrected chi connectivity index (χ1v) is 9.27. The fourth-order valence-corrected chi connectivity index (χ4v) is 3.68. The molecule has 2 aromatic carbocycles. The molecule has 0 bridgehead atoms. The Bertz CT molecular complexity index is 736. The van der Waals surface area contributed by atoms with Crippen molar-refractivity contribution in [3.63, 3.8) is 0 Å². The number of carbonyl (C=O) groups is 1. The van der Waals surface area contributed by atoms with Crippen LogP contribution in [0.1, 0.15) is 24.0 Å². The highest BCUT2D eigenvalue weighted by atomic mass is 35.5. The summed E-state index contributed by atoms with van der Waals surface area (Å²) in [5, 5.41) is 1.05. The van der Waals surface area contributed by atoms with Gasteiger partial charge in [0.25, 0.3) is 0 Å². The largest absolute Gasteiger partial charge is 0.340 e. The topological polar surface area (TPSA) is 23.6 Å². The van der Waals surface area contributed by atoms with Crippen LogP contribution < -0.4 is 0 Å². The number of amides is 1. The lowest BCUT2D eigenvalue weighted by Crippen LogP contribution is -2.43. The molecule has 2 aromatic rings. The van der Waals surface area contributed by atoms with E-state index in [9.17, 15) is 4.79 Å². The normalized spacial score (nSPS) is 17.6. The lowest BCUT2D eigenvalue weighted by Gasteiger charge is -2.28. The van der Waals surface area contributed by atoms with Crippen LogP contribution in [0.2, 0.25) is 10.0 Å². The van der Waals surface area contributed by atoms with Gasteiger partial charge in [0.2, 0.25) is 5.91 Å².